The summed E-state index contributed by atoms with van der Waals surface area (Å²) in [4.78, 5) is 3.42. The molecule has 0 saturated heterocycles. The van der Waals surface area contributed by atoms with Crippen LogP contribution in [0.1, 0.15) is 59.8 Å². The van der Waals surface area contributed by atoms with Gasteiger partial charge in [-0.05, 0) is 59.4 Å². The van der Waals surface area contributed by atoms with Gasteiger partial charge < -0.3 is 0 Å². The molecule has 0 bridgehead atoms. The molecule has 0 aliphatic heterocycles. The molecule has 0 unspecified atom stereocenters. The molecule has 1 saturated carbocycles. The molecule has 1 aromatic heterocycles. The Morgan fingerprint density at radius 1 is 1.09 bits per heavy atom. The molecule has 2 rings (SSSR count). The highest BCUT2D eigenvalue weighted by molar-refractivity contribution is 7.89. The maximum atomic E-state index is 12.8. The van der Waals surface area contributed by atoms with Gasteiger partial charge in [0.25, 0.3) is 5.82 Å². The summed E-state index contributed by atoms with van der Waals surface area (Å²) in [6, 6.07) is 3.88. The van der Waals surface area contributed by atoms with E-state index in [9.17, 15) is 8.42 Å². The second-order valence-electron chi connectivity index (χ2n) is 6.94. The van der Waals surface area contributed by atoms with E-state index in [2.05, 4.69) is 10.3 Å². The van der Waals surface area contributed by atoms with E-state index in [0.29, 0.717) is 10.9 Å². The van der Waals surface area contributed by atoms with Crippen molar-refractivity contribution >= 4 is 15.8 Å². The van der Waals surface area contributed by atoms with Gasteiger partial charge in [-0.15, -0.1) is 0 Å². The molecule has 5 nitrogen and oxygen atoms in total. The SMILES string of the molecule is CC(C)N(C(C)C)S(=O)(=O)c1ccc(NC2CCCCC2)[nH+]c1. The number of hydrogen-bond donors (Lipinski definition) is 1. The summed E-state index contributed by atoms with van der Waals surface area (Å²) in [6.45, 7) is 7.61. The topological polar surface area (TPSA) is 63.6 Å². The maximum Gasteiger partial charge on any atom is 0.272 e. The van der Waals surface area contributed by atoms with E-state index in [0.717, 1.165) is 5.82 Å². The molecular weight excluding hydrogens is 310 g/mol. The van der Waals surface area contributed by atoms with Gasteiger partial charge in [0.1, 0.15) is 11.1 Å². The van der Waals surface area contributed by atoms with Crippen LogP contribution >= 0.6 is 0 Å². The highest BCUT2D eigenvalue weighted by atomic mass is 32.2. The quantitative estimate of drug-likeness (QED) is 0.865. The number of nitrogens with zero attached hydrogens (tertiary/aromatic N) is 1. The lowest BCUT2D eigenvalue weighted by Gasteiger charge is -2.29. The fourth-order valence-electron chi connectivity index (χ4n) is 3.40. The summed E-state index contributed by atoms with van der Waals surface area (Å²) >= 11 is 0. The molecule has 0 atom stereocenters. The third kappa shape index (κ3) is 4.44. The first kappa shape index (κ1) is 18.2. The normalized spacial score (nSPS) is 17.2. The minimum atomic E-state index is -3.48. The van der Waals surface area contributed by atoms with Gasteiger partial charge in [0.15, 0.2) is 0 Å². The van der Waals surface area contributed by atoms with E-state index in [-0.39, 0.29) is 12.1 Å². The second-order valence-corrected chi connectivity index (χ2v) is 8.78. The summed E-state index contributed by atoms with van der Waals surface area (Å²) in [6.07, 6.45) is 7.81. The molecule has 1 heterocycles. The van der Waals surface area contributed by atoms with Crippen molar-refractivity contribution in [3.05, 3.63) is 18.3 Å². The van der Waals surface area contributed by atoms with E-state index in [1.807, 2.05) is 33.8 Å². The van der Waals surface area contributed by atoms with E-state index < -0.39 is 10.0 Å². The van der Waals surface area contributed by atoms with Crippen LogP contribution in [-0.4, -0.2) is 30.8 Å². The van der Waals surface area contributed by atoms with E-state index in [4.69, 9.17) is 0 Å². The van der Waals surface area contributed by atoms with Crippen molar-refractivity contribution in [3.63, 3.8) is 0 Å². The Morgan fingerprint density at radius 3 is 2.17 bits per heavy atom. The first-order valence-corrected chi connectivity index (χ1v) is 10.1. The number of anilines is 1. The van der Waals surface area contributed by atoms with Crippen molar-refractivity contribution < 1.29 is 13.4 Å². The number of hydrogen-bond acceptors (Lipinski definition) is 3. The smallest absolute Gasteiger partial charge is 0.272 e. The molecule has 1 aliphatic carbocycles. The third-order valence-corrected chi connectivity index (χ3v) is 6.59. The molecular formula is C17H30N3O2S+. The van der Waals surface area contributed by atoms with Crippen LogP contribution in [0.3, 0.4) is 0 Å². The zero-order chi connectivity index (χ0) is 17.0. The van der Waals surface area contributed by atoms with E-state index in [1.165, 1.54) is 32.1 Å². The minimum absolute atomic E-state index is 0.0694. The molecule has 2 N–H and O–H groups in total. The number of H-pyrrole nitrogens is 1. The Hall–Kier alpha value is -1.14. The van der Waals surface area contributed by atoms with Gasteiger partial charge >= 0.3 is 0 Å². The molecule has 6 heteroatoms. The van der Waals surface area contributed by atoms with Crippen LogP contribution in [0.2, 0.25) is 0 Å². The Labute approximate surface area is 140 Å². The minimum Gasteiger partial charge on any atom is -0.272 e. The van der Waals surface area contributed by atoms with Crippen LogP contribution in [0.15, 0.2) is 23.2 Å². The number of pyridine rings is 1. The standard InChI is InChI=1S/C17H29N3O2S/c1-13(2)20(14(3)4)23(21,22)16-10-11-17(18-12-16)19-15-8-6-5-7-9-15/h10-15H,5-9H2,1-4H3,(H,18,19)/p+1. The number of aromatic nitrogens is 1. The summed E-state index contributed by atoms with van der Waals surface area (Å²) in [5.41, 5.74) is 0. The van der Waals surface area contributed by atoms with Crippen molar-refractivity contribution in [3.8, 4) is 0 Å². The highest BCUT2D eigenvalue weighted by Crippen LogP contribution is 2.22. The average Bonchev–Trinajstić information content (AvgIpc) is 2.47. The van der Waals surface area contributed by atoms with Gasteiger partial charge in [0.05, 0.1) is 6.04 Å². The van der Waals surface area contributed by atoms with Crippen LogP contribution < -0.4 is 10.3 Å². The number of rotatable bonds is 6. The monoisotopic (exact) mass is 340 g/mol. The molecule has 1 aromatic rings. The van der Waals surface area contributed by atoms with Gasteiger partial charge in [-0.25, -0.2) is 13.4 Å². The van der Waals surface area contributed by atoms with Gasteiger partial charge in [0.2, 0.25) is 10.0 Å². The van der Waals surface area contributed by atoms with Crippen molar-refractivity contribution in [2.45, 2.75) is 82.8 Å². The third-order valence-electron chi connectivity index (χ3n) is 4.34. The molecule has 0 radical (unpaired) electrons. The first-order chi connectivity index (χ1) is 10.8. The summed E-state index contributed by atoms with van der Waals surface area (Å²) < 4.78 is 27.2. The molecule has 1 aliphatic rings. The van der Waals surface area contributed by atoms with Crippen LogP contribution in [0.4, 0.5) is 5.82 Å². The van der Waals surface area contributed by atoms with E-state index >= 15 is 0 Å². The lowest BCUT2D eigenvalue weighted by atomic mass is 9.95. The molecule has 0 spiro atoms. The average molecular weight is 341 g/mol. The lowest BCUT2D eigenvalue weighted by Crippen LogP contribution is -2.42. The van der Waals surface area contributed by atoms with Gasteiger partial charge in [-0.1, -0.05) is 6.42 Å². The largest absolute Gasteiger partial charge is 0.272 e. The van der Waals surface area contributed by atoms with Gasteiger partial charge in [0, 0.05) is 18.2 Å². The first-order valence-electron chi connectivity index (χ1n) is 8.64. The zero-order valence-electron chi connectivity index (χ0n) is 14.7. The van der Waals surface area contributed by atoms with Crippen LogP contribution in [-0.2, 0) is 10.0 Å². The second kappa shape index (κ2) is 7.62. The fraction of sp³-hybridized carbons (Fsp3) is 0.706. The number of sulfonamides is 1. The van der Waals surface area contributed by atoms with Crippen molar-refractivity contribution in [1.82, 2.24) is 4.31 Å². The molecule has 1 fully saturated rings. The van der Waals surface area contributed by atoms with E-state index in [1.54, 1.807) is 16.6 Å². The molecule has 23 heavy (non-hydrogen) atoms. The maximum absolute atomic E-state index is 12.8. The predicted molar refractivity (Wildman–Crippen MR) is 92.8 cm³/mol. The molecule has 0 aromatic carbocycles. The van der Waals surface area contributed by atoms with Crippen LogP contribution in [0, 0.1) is 0 Å². The summed E-state index contributed by atoms with van der Waals surface area (Å²) in [5.74, 6) is 0.886. The zero-order valence-corrected chi connectivity index (χ0v) is 15.5. The summed E-state index contributed by atoms with van der Waals surface area (Å²) in [7, 11) is -3.48. The van der Waals surface area contributed by atoms with Crippen molar-refractivity contribution in [2.75, 3.05) is 5.32 Å². The Balaban J connectivity index is 2.14. The molecule has 130 valence electrons. The number of nitrogens with one attached hydrogen (secondary N) is 2. The summed E-state index contributed by atoms with van der Waals surface area (Å²) in [5, 5.41) is 3.47. The lowest BCUT2D eigenvalue weighted by molar-refractivity contribution is -0.364. The van der Waals surface area contributed by atoms with Gasteiger partial charge in [-0.3, -0.25) is 5.32 Å². The highest BCUT2D eigenvalue weighted by Gasteiger charge is 2.30. The van der Waals surface area contributed by atoms with Crippen molar-refractivity contribution in [1.29, 1.82) is 0 Å². The molecule has 0 amide bonds. The Kier molecular flexibility index (Phi) is 6.03. The van der Waals surface area contributed by atoms with Crippen molar-refractivity contribution in [2.24, 2.45) is 0 Å². The fourth-order valence-corrected chi connectivity index (χ4v) is 5.20. The van der Waals surface area contributed by atoms with Crippen LogP contribution in [0.25, 0.3) is 0 Å². The Morgan fingerprint density at radius 2 is 1.70 bits per heavy atom. The van der Waals surface area contributed by atoms with Gasteiger partial charge in [-0.2, -0.15) is 4.31 Å². The predicted octanol–water partition coefficient (Wildman–Crippen LogP) is 3.05. The Bertz CT molecular complexity index is 583. The number of aromatic amines is 1. The van der Waals surface area contributed by atoms with Crippen LogP contribution in [0.5, 0.6) is 0 Å².